The minimum Gasteiger partial charge on any atom is -0.489 e. The molecule has 0 spiro atoms. The third-order valence-corrected chi connectivity index (χ3v) is 6.12. The Hall–Kier alpha value is -2.58. The normalized spacial score (nSPS) is 13.0. The molecule has 0 aliphatic heterocycles. The van der Waals surface area contributed by atoms with E-state index in [0.717, 1.165) is 12.0 Å². The minimum atomic E-state index is -0.728. The van der Waals surface area contributed by atoms with Crippen LogP contribution < -0.4 is 10.1 Å². The molecule has 0 fully saturated rings. The molecule has 3 rings (SSSR count). The van der Waals surface area contributed by atoms with Gasteiger partial charge in [-0.25, -0.2) is 0 Å². The third kappa shape index (κ3) is 6.48. The number of aliphatic hydroxyl groups is 1. The second kappa shape index (κ2) is 10.1. The second-order valence-corrected chi connectivity index (χ2v) is 10.6. The number of halogens is 1. The minimum absolute atomic E-state index is 0.0684. The Balaban J connectivity index is 1.58. The van der Waals surface area contributed by atoms with Crippen molar-refractivity contribution in [1.82, 2.24) is 5.32 Å². The first-order valence-electron chi connectivity index (χ1n) is 11.3. The van der Waals surface area contributed by atoms with Crippen molar-refractivity contribution in [2.75, 3.05) is 13.2 Å². The van der Waals surface area contributed by atoms with Gasteiger partial charge in [0.15, 0.2) is 0 Å². The molecule has 1 atom stereocenters. The SMILES string of the molecule is CC(C)(Cc1ccc2ccccc2c1)NCC(O)COc1ccc(C(C)(C)C)c(Cl)c1C#N. The van der Waals surface area contributed by atoms with E-state index in [9.17, 15) is 10.4 Å². The molecular weight excluding hydrogens is 432 g/mol. The average Bonchev–Trinajstić information content (AvgIpc) is 2.75. The van der Waals surface area contributed by atoms with Gasteiger partial charge in [-0.05, 0) is 53.6 Å². The van der Waals surface area contributed by atoms with Crippen LogP contribution in [0.15, 0.2) is 54.6 Å². The molecule has 0 amide bonds. The zero-order valence-corrected chi connectivity index (χ0v) is 20.8. The molecule has 0 aromatic heterocycles. The predicted octanol–water partition coefficient (Wildman–Crippen LogP) is 6.01. The van der Waals surface area contributed by atoms with Crippen molar-refractivity contribution in [2.45, 2.75) is 58.1 Å². The van der Waals surface area contributed by atoms with Crippen LogP contribution >= 0.6 is 11.6 Å². The van der Waals surface area contributed by atoms with E-state index in [2.05, 4.69) is 55.6 Å². The molecule has 2 N–H and O–H groups in total. The van der Waals surface area contributed by atoms with Gasteiger partial charge in [0.05, 0.1) is 5.02 Å². The summed E-state index contributed by atoms with van der Waals surface area (Å²) in [6, 6.07) is 20.6. The van der Waals surface area contributed by atoms with Gasteiger partial charge in [-0.2, -0.15) is 5.26 Å². The van der Waals surface area contributed by atoms with Crippen LogP contribution in [0.5, 0.6) is 5.75 Å². The fraction of sp³-hybridized carbons (Fsp3) is 0.393. The fourth-order valence-corrected chi connectivity index (χ4v) is 4.40. The highest BCUT2D eigenvalue weighted by Crippen LogP contribution is 2.36. The topological polar surface area (TPSA) is 65.3 Å². The summed E-state index contributed by atoms with van der Waals surface area (Å²) in [4.78, 5) is 0. The number of nitrogens with zero attached hydrogens (tertiary/aromatic N) is 1. The monoisotopic (exact) mass is 464 g/mol. The molecule has 4 nitrogen and oxygen atoms in total. The van der Waals surface area contributed by atoms with E-state index in [1.54, 1.807) is 6.07 Å². The van der Waals surface area contributed by atoms with Crippen molar-refractivity contribution < 1.29 is 9.84 Å². The van der Waals surface area contributed by atoms with Gasteiger partial charge >= 0.3 is 0 Å². The number of β-amino-alcohol motifs (C(OH)–C–C–N with tert-alkyl or cyclic N) is 1. The Bertz CT molecular complexity index is 1160. The number of fused-ring (bicyclic) bond motifs is 1. The van der Waals surface area contributed by atoms with Crippen LogP contribution in [0.1, 0.15) is 51.3 Å². The van der Waals surface area contributed by atoms with Crippen LogP contribution in [0, 0.1) is 11.3 Å². The first-order chi connectivity index (χ1) is 15.5. The summed E-state index contributed by atoms with van der Waals surface area (Å²) in [6.45, 7) is 10.8. The van der Waals surface area contributed by atoms with Crippen LogP contribution in [0.3, 0.4) is 0 Å². The summed E-state index contributed by atoms with van der Waals surface area (Å²) in [5, 5.41) is 26.4. The maximum Gasteiger partial charge on any atom is 0.138 e. The average molecular weight is 465 g/mol. The highest BCUT2D eigenvalue weighted by Gasteiger charge is 2.23. The lowest BCUT2D eigenvalue weighted by Crippen LogP contribution is -2.46. The quantitative estimate of drug-likeness (QED) is 0.428. The molecule has 3 aromatic rings. The fourth-order valence-electron chi connectivity index (χ4n) is 3.92. The van der Waals surface area contributed by atoms with Crippen molar-refractivity contribution in [3.63, 3.8) is 0 Å². The highest BCUT2D eigenvalue weighted by atomic mass is 35.5. The molecule has 0 saturated heterocycles. The second-order valence-electron chi connectivity index (χ2n) is 10.2. The number of nitrogens with one attached hydrogen (secondary N) is 1. The third-order valence-electron chi connectivity index (χ3n) is 5.73. The number of aliphatic hydroxyl groups excluding tert-OH is 1. The Morgan fingerprint density at radius 2 is 1.73 bits per heavy atom. The Kier molecular flexibility index (Phi) is 7.69. The standard InChI is InChI=1S/C28H33ClN2O2/c1-27(2,3)24-12-13-25(23(16-30)26(24)29)33-18-22(32)17-31-28(4,5)15-19-10-11-20-8-6-7-9-21(20)14-19/h6-14,22,31-32H,15,17-18H2,1-5H3. The molecule has 5 heteroatoms. The first kappa shape index (κ1) is 25.1. The van der Waals surface area contributed by atoms with Gasteiger partial charge in [0.25, 0.3) is 0 Å². The lowest BCUT2D eigenvalue weighted by molar-refractivity contribution is 0.0987. The predicted molar refractivity (Wildman–Crippen MR) is 136 cm³/mol. The molecule has 33 heavy (non-hydrogen) atoms. The van der Waals surface area contributed by atoms with Gasteiger partial charge in [-0.1, -0.05) is 80.9 Å². The molecule has 174 valence electrons. The van der Waals surface area contributed by atoms with E-state index in [1.165, 1.54) is 16.3 Å². The van der Waals surface area contributed by atoms with Gasteiger partial charge in [0.1, 0.15) is 30.1 Å². The number of hydrogen-bond acceptors (Lipinski definition) is 4. The molecule has 0 saturated carbocycles. The summed E-state index contributed by atoms with van der Waals surface area (Å²) in [6.07, 6.45) is 0.0990. The summed E-state index contributed by atoms with van der Waals surface area (Å²) >= 11 is 6.47. The van der Waals surface area contributed by atoms with Crippen LogP contribution in [0.4, 0.5) is 0 Å². The van der Waals surface area contributed by atoms with Crippen molar-refractivity contribution in [3.8, 4) is 11.8 Å². The van der Waals surface area contributed by atoms with Gasteiger partial charge in [0.2, 0.25) is 0 Å². The molecule has 0 bridgehead atoms. The molecule has 1 unspecified atom stereocenters. The van der Waals surface area contributed by atoms with Gasteiger partial charge < -0.3 is 15.2 Å². The van der Waals surface area contributed by atoms with Crippen LogP contribution in [0.2, 0.25) is 5.02 Å². The van der Waals surface area contributed by atoms with Crippen LogP contribution in [-0.2, 0) is 11.8 Å². The van der Waals surface area contributed by atoms with Crippen molar-refractivity contribution in [2.24, 2.45) is 0 Å². The summed E-state index contributed by atoms with van der Waals surface area (Å²) in [5.74, 6) is 0.393. The van der Waals surface area contributed by atoms with E-state index in [-0.39, 0.29) is 17.6 Å². The van der Waals surface area contributed by atoms with E-state index >= 15 is 0 Å². The van der Waals surface area contributed by atoms with Crippen molar-refractivity contribution >= 4 is 22.4 Å². The Labute approximate surface area is 202 Å². The lowest BCUT2D eigenvalue weighted by Gasteiger charge is -2.28. The molecule has 3 aromatic carbocycles. The smallest absolute Gasteiger partial charge is 0.138 e. The summed E-state index contributed by atoms with van der Waals surface area (Å²) in [7, 11) is 0. The maximum atomic E-state index is 10.5. The van der Waals surface area contributed by atoms with Gasteiger partial charge in [-0.3, -0.25) is 0 Å². The van der Waals surface area contributed by atoms with E-state index in [4.69, 9.17) is 16.3 Å². The van der Waals surface area contributed by atoms with Gasteiger partial charge in [0, 0.05) is 12.1 Å². The van der Waals surface area contributed by atoms with Crippen molar-refractivity contribution in [1.29, 1.82) is 5.26 Å². The molecule has 0 aliphatic rings. The summed E-state index contributed by atoms with van der Waals surface area (Å²) in [5.41, 5.74) is 2.05. The van der Waals surface area contributed by atoms with Crippen LogP contribution in [0.25, 0.3) is 10.8 Å². The summed E-state index contributed by atoms with van der Waals surface area (Å²) < 4.78 is 5.77. The Morgan fingerprint density at radius 1 is 1.03 bits per heavy atom. The Morgan fingerprint density at radius 3 is 2.39 bits per heavy atom. The lowest BCUT2D eigenvalue weighted by atomic mass is 9.86. The zero-order chi connectivity index (χ0) is 24.2. The van der Waals surface area contributed by atoms with E-state index in [0.29, 0.717) is 22.9 Å². The number of rotatable bonds is 8. The molecule has 0 aliphatic carbocycles. The molecular formula is C28H33ClN2O2. The maximum absolute atomic E-state index is 10.5. The van der Waals surface area contributed by atoms with Crippen LogP contribution in [-0.4, -0.2) is 29.9 Å². The molecule has 0 radical (unpaired) electrons. The largest absolute Gasteiger partial charge is 0.489 e. The highest BCUT2D eigenvalue weighted by molar-refractivity contribution is 6.32. The first-order valence-corrected chi connectivity index (χ1v) is 11.6. The van der Waals surface area contributed by atoms with Gasteiger partial charge in [-0.15, -0.1) is 0 Å². The number of hydrogen-bond donors (Lipinski definition) is 2. The number of nitriles is 1. The van der Waals surface area contributed by atoms with E-state index < -0.39 is 6.10 Å². The zero-order valence-electron chi connectivity index (χ0n) is 20.1. The van der Waals surface area contributed by atoms with Crippen molar-refractivity contribution in [3.05, 3.63) is 76.3 Å². The van der Waals surface area contributed by atoms with E-state index in [1.807, 2.05) is 39.0 Å². The molecule has 0 heterocycles. The number of ether oxygens (including phenoxy) is 1. The number of benzene rings is 3.